The van der Waals surface area contributed by atoms with Crippen LogP contribution in [0.1, 0.15) is 25.8 Å². The Balaban J connectivity index is 2.01. The van der Waals surface area contributed by atoms with E-state index in [9.17, 15) is 13.2 Å². The fourth-order valence-electron chi connectivity index (χ4n) is 2.42. The summed E-state index contributed by atoms with van der Waals surface area (Å²) >= 11 is 0. The molecule has 0 saturated carbocycles. The van der Waals surface area contributed by atoms with E-state index in [4.69, 9.17) is 9.47 Å². The van der Waals surface area contributed by atoms with Gasteiger partial charge in [0.15, 0.2) is 11.5 Å². The van der Waals surface area contributed by atoms with Gasteiger partial charge in [-0.05, 0) is 61.4 Å². The molecule has 0 radical (unpaired) electrons. The van der Waals surface area contributed by atoms with Gasteiger partial charge in [-0.25, -0.2) is 8.42 Å². The van der Waals surface area contributed by atoms with Gasteiger partial charge in [-0.1, -0.05) is 13.0 Å². The van der Waals surface area contributed by atoms with Gasteiger partial charge in [-0.3, -0.25) is 9.52 Å². The van der Waals surface area contributed by atoms with Gasteiger partial charge >= 0.3 is 0 Å². The fourth-order valence-corrected chi connectivity index (χ4v) is 2.98. The van der Waals surface area contributed by atoms with Crippen molar-refractivity contribution in [2.45, 2.75) is 20.3 Å². The number of sulfonamides is 1. The summed E-state index contributed by atoms with van der Waals surface area (Å²) in [6, 6.07) is 11.9. The summed E-state index contributed by atoms with van der Waals surface area (Å²) in [5.41, 5.74) is 1.78. The van der Waals surface area contributed by atoms with Crippen LogP contribution in [0, 0.1) is 0 Å². The molecular formula is C21H26N2O5S. The van der Waals surface area contributed by atoms with Crippen molar-refractivity contribution in [2.24, 2.45) is 0 Å². The van der Waals surface area contributed by atoms with E-state index in [2.05, 4.69) is 10.0 Å². The normalized spacial score (nSPS) is 11.3. The van der Waals surface area contributed by atoms with Crippen LogP contribution in [0.5, 0.6) is 11.5 Å². The largest absolute Gasteiger partial charge is 0.490 e. The van der Waals surface area contributed by atoms with Gasteiger partial charge in [0, 0.05) is 17.5 Å². The lowest BCUT2D eigenvalue weighted by Gasteiger charge is -2.12. The molecular weight excluding hydrogens is 392 g/mol. The number of carbonyl (C=O) groups is 1. The smallest absolute Gasteiger partial charge is 0.248 e. The molecule has 2 rings (SSSR count). The average molecular weight is 419 g/mol. The average Bonchev–Trinajstić information content (AvgIpc) is 2.66. The Morgan fingerprint density at radius 1 is 1.00 bits per heavy atom. The highest BCUT2D eigenvalue weighted by atomic mass is 32.2. The third kappa shape index (κ3) is 7.87. The Hall–Kier alpha value is -3.00. The zero-order valence-corrected chi connectivity index (χ0v) is 17.6. The highest BCUT2D eigenvalue weighted by molar-refractivity contribution is 7.92. The second-order valence-corrected chi connectivity index (χ2v) is 8.01. The number of nitrogens with one attached hydrogen (secondary N) is 2. The number of anilines is 2. The minimum absolute atomic E-state index is 0.307. The van der Waals surface area contributed by atoms with E-state index in [1.807, 2.05) is 32.0 Å². The highest BCUT2D eigenvalue weighted by Crippen LogP contribution is 2.29. The van der Waals surface area contributed by atoms with Gasteiger partial charge in [-0.15, -0.1) is 0 Å². The predicted octanol–water partition coefficient (Wildman–Crippen LogP) is 3.90. The fraction of sp³-hybridized carbons (Fsp3) is 0.286. The number of amides is 1. The molecule has 0 aliphatic heterocycles. The second kappa shape index (κ2) is 10.5. The Bertz CT molecular complexity index is 954. The van der Waals surface area contributed by atoms with Crippen LogP contribution in [0.15, 0.2) is 48.5 Å². The van der Waals surface area contributed by atoms with Crippen molar-refractivity contribution in [1.29, 1.82) is 0 Å². The van der Waals surface area contributed by atoms with Crippen LogP contribution in [0.4, 0.5) is 11.4 Å². The molecule has 2 aromatic carbocycles. The Kier molecular flexibility index (Phi) is 8.09. The Morgan fingerprint density at radius 2 is 1.69 bits per heavy atom. The first-order valence-corrected chi connectivity index (χ1v) is 11.2. The molecule has 7 nitrogen and oxygen atoms in total. The van der Waals surface area contributed by atoms with Gasteiger partial charge in [0.05, 0.1) is 19.5 Å². The predicted molar refractivity (Wildman–Crippen MR) is 116 cm³/mol. The molecule has 0 fully saturated rings. The molecule has 0 aliphatic rings. The lowest BCUT2D eigenvalue weighted by atomic mass is 10.2. The molecule has 0 aromatic heterocycles. The summed E-state index contributed by atoms with van der Waals surface area (Å²) < 4.78 is 36.1. The lowest BCUT2D eigenvalue weighted by molar-refractivity contribution is -0.111. The van der Waals surface area contributed by atoms with Crippen LogP contribution >= 0.6 is 0 Å². The molecule has 2 aromatic rings. The first kappa shape index (κ1) is 22.3. The molecule has 8 heteroatoms. The van der Waals surface area contributed by atoms with Gasteiger partial charge in [-0.2, -0.15) is 0 Å². The van der Waals surface area contributed by atoms with Crippen molar-refractivity contribution in [3.05, 3.63) is 54.1 Å². The molecule has 2 N–H and O–H groups in total. The zero-order valence-electron chi connectivity index (χ0n) is 16.8. The minimum Gasteiger partial charge on any atom is -0.490 e. The standard InChI is InChI=1S/C21H26N2O5S/c1-4-14-28-19-12-6-16(15-20(19)27-5-2)7-13-21(24)22-17-8-10-18(11-9-17)23-29(3,25)26/h6-13,15,23H,4-5,14H2,1-3H3,(H,22,24)/b13-7+. The summed E-state index contributed by atoms with van der Waals surface area (Å²) in [4.78, 5) is 12.2. The maximum atomic E-state index is 12.2. The van der Waals surface area contributed by atoms with Gasteiger partial charge < -0.3 is 14.8 Å². The molecule has 0 unspecified atom stereocenters. The van der Waals surface area contributed by atoms with E-state index in [1.165, 1.54) is 6.08 Å². The van der Waals surface area contributed by atoms with Crippen molar-refractivity contribution in [1.82, 2.24) is 0 Å². The molecule has 156 valence electrons. The highest BCUT2D eigenvalue weighted by Gasteiger charge is 2.06. The molecule has 0 bridgehead atoms. The Labute approximate surface area is 171 Å². The number of hydrogen-bond donors (Lipinski definition) is 2. The summed E-state index contributed by atoms with van der Waals surface area (Å²) in [6.07, 6.45) is 5.08. The Morgan fingerprint density at radius 3 is 2.31 bits per heavy atom. The van der Waals surface area contributed by atoms with Crippen molar-refractivity contribution in [3.8, 4) is 11.5 Å². The number of carbonyl (C=O) groups excluding carboxylic acids is 1. The first-order chi connectivity index (χ1) is 13.8. The van der Waals surface area contributed by atoms with Crippen molar-refractivity contribution >= 4 is 33.4 Å². The number of rotatable bonds is 10. The van der Waals surface area contributed by atoms with Crippen LogP contribution in [0.2, 0.25) is 0 Å². The van der Waals surface area contributed by atoms with E-state index in [0.717, 1.165) is 18.2 Å². The minimum atomic E-state index is -3.34. The van der Waals surface area contributed by atoms with E-state index in [1.54, 1.807) is 30.3 Å². The number of ether oxygens (including phenoxy) is 2. The zero-order chi connectivity index (χ0) is 21.3. The topological polar surface area (TPSA) is 93.7 Å². The maximum absolute atomic E-state index is 12.2. The second-order valence-electron chi connectivity index (χ2n) is 6.26. The maximum Gasteiger partial charge on any atom is 0.248 e. The monoisotopic (exact) mass is 418 g/mol. The quantitative estimate of drug-likeness (QED) is 0.571. The van der Waals surface area contributed by atoms with E-state index >= 15 is 0 Å². The molecule has 0 heterocycles. The molecule has 0 atom stereocenters. The van der Waals surface area contributed by atoms with Crippen molar-refractivity contribution in [2.75, 3.05) is 29.5 Å². The first-order valence-electron chi connectivity index (χ1n) is 9.27. The summed E-state index contributed by atoms with van der Waals surface area (Å²) in [5, 5.41) is 2.72. The van der Waals surface area contributed by atoms with E-state index in [0.29, 0.717) is 36.1 Å². The lowest BCUT2D eigenvalue weighted by Crippen LogP contribution is -2.10. The van der Waals surface area contributed by atoms with Crippen LogP contribution in [-0.4, -0.2) is 33.8 Å². The number of benzene rings is 2. The molecule has 1 amide bonds. The van der Waals surface area contributed by atoms with Crippen LogP contribution in [0.25, 0.3) is 6.08 Å². The summed E-state index contributed by atoms with van der Waals surface area (Å²) in [6.45, 7) is 5.05. The van der Waals surface area contributed by atoms with Crippen molar-refractivity contribution in [3.63, 3.8) is 0 Å². The van der Waals surface area contributed by atoms with Crippen LogP contribution in [0.3, 0.4) is 0 Å². The van der Waals surface area contributed by atoms with Crippen LogP contribution in [-0.2, 0) is 14.8 Å². The third-order valence-electron chi connectivity index (χ3n) is 3.61. The molecule has 0 spiro atoms. The molecule has 0 saturated heterocycles. The van der Waals surface area contributed by atoms with Gasteiger partial charge in [0.2, 0.25) is 15.9 Å². The molecule has 29 heavy (non-hydrogen) atoms. The number of hydrogen-bond acceptors (Lipinski definition) is 5. The third-order valence-corrected chi connectivity index (χ3v) is 4.22. The van der Waals surface area contributed by atoms with Crippen LogP contribution < -0.4 is 19.5 Å². The summed E-state index contributed by atoms with van der Waals surface area (Å²) in [7, 11) is -3.34. The summed E-state index contributed by atoms with van der Waals surface area (Å²) in [5.74, 6) is 1.01. The van der Waals surface area contributed by atoms with E-state index in [-0.39, 0.29) is 5.91 Å². The van der Waals surface area contributed by atoms with Crippen molar-refractivity contribution < 1.29 is 22.7 Å². The van der Waals surface area contributed by atoms with E-state index < -0.39 is 10.0 Å². The molecule has 0 aliphatic carbocycles. The SMILES string of the molecule is CCCOc1ccc(/C=C/C(=O)Nc2ccc(NS(C)(=O)=O)cc2)cc1OCC. The van der Waals surface area contributed by atoms with Gasteiger partial charge in [0.25, 0.3) is 0 Å². The van der Waals surface area contributed by atoms with Gasteiger partial charge in [0.1, 0.15) is 0 Å².